The zero-order valence-electron chi connectivity index (χ0n) is 13.2. The first kappa shape index (κ1) is 17.1. The quantitative estimate of drug-likeness (QED) is 0.652. The van der Waals surface area contributed by atoms with E-state index in [-0.39, 0.29) is 5.69 Å². The molecule has 114 valence electrons. The molecule has 0 spiro atoms. The van der Waals surface area contributed by atoms with Crippen molar-refractivity contribution in [2.45, 2.75) is 20.8 Å². The van der Waals surface area contributed by atoms with Gasteiger partial charge in [-0.25, -0.2) is 9.89 Å². The van der Waals surface area contributed by atoms with Gasteiger partial charge < -0.3 is 4.90 Å². The van der Waals surface area contributed by atoms with Crippen molar-refractivity contribution in [3.63, 3.8) is 0 Å². The summed E-state index contributed by atoms with van der Waals surface area (Å²) in [4.78, 5) is 27.0. The fourth-order valence-electron chi connectivity index (χ4n) is 1.73. The SMILES string of the molecule is CP=C(C)C(/C=C(\C)c1n[nH]c(=O)[nH]c1=O)=C(\C)N(C)C. The Labute approximate surface area is 125 Å². The van der Waals surface area contributed by atoms with Gasteiger partial charge in [0.05, 0.1) is 0 Å². The normalized spacial score (nSPS) is 14.0. The molecule has 6 nitrogen and oxygen atoms in total. The summed E-state index contributed by atoms with van der Waals surface area (Å²) < 4.78 is 0. The van der Waals surface area contributed by atoms with Crippen LogP contribution < -0.4 is 11.2 Å². The summed E-state index contributed by atoms with van der Waals surface area (Å²) in [6.45, 7) is 7.95. The number of rotatable bonds is 4. The Bertz CT molecular complexity index is 723. The van der Waals surface area contributed by atoms with Gasteiger partial charge in [0.25, 0.3) is 5.56 Å². The molecule has 1 aromatic rings. The van der Waals surface area contributed by atoms with Crippen LogP contribution in [0.1, 0.15) is 26.5 Å². The highest BCUT2D eigenvalue weighted by atomic mass is 31.1. The van der Waals surface area contributed by atoms with E-state index >= 15 is 0 Å². The summed E-state index contributed by atoms with van der Waals surface area (Å²) in [7, 11) is 5.11. The molecule has 0 aliphatic heterocycles. The summed E-state index contributed by atoms with van der Waals surface area (Å²) in [5.41, 5.74) is 2.00. The molecule has 0 radical (unpaired) electrons. The molecule has 1 rings (SSSR count). The number of allylic oxidation sites excluding steroid dienone is 4. The number of aromatic amines is 2. The van der Waals surface area contributed by atoms with Gasteiger partial charge in [-0.3, -0.25) is 9.78 Å². The minimum Gasteiger partial charge on any atom is -0.381 e. The van der Waals surface area contributed by atoms with Crippen molar-refractivity contribution in [2.24, 2.45) is 0 Å². The van der Waals surface area contributed by atoms with Gasteiger partial charge in [0, 0.05) is 25.4 Å². The van der Waals surface area contributed by atoms with E-state index in [0.717, 1.165) is 19.5 Å². The molecule has 0 atom stereocenters. The van der Waals surface area contributed by atoms with Gasteiger partial charge in [-0.05, 0) is 44.4 Å². The smallest absolute Gasteiger partial charge is 0.342 e. The van der Waals surface area contributed by atoms with E-state index in [0.29, 0.717) is 5.57 Å². The maximum Gasteiger partial charge on any atom is 0.342 e. The maximum atomic E-state index is 11.8. The molecule has 7 heteroatoms. The van der Waals surface area contributed by atoms with Gasteiger partial charge >= 0.3 is 5.69 Å². The van der Waals surface area contributed by atoms with Gasteiger partial charge in [0.15, 0.2) is 5.69 Å². The minimum atomic E-state index is -0.605. The number of hydrogen-bond acceptors (Lipinski definition) is 4. The Kier molecular flexibility index (Phi) is 5.85. The lowest BCUT2D eigenvalue weighted by Crippen LogP contribution is -2.26. The molecule has 0 saturated carbocycles. The van der Waals surface area contributed by atoms with Crippen LogP contribution in [-0.4, -0.2) is 46.1 Å². The molecule has 0 unspecified atom stereocenters. The molecule has 0 aliphatic rings. The first-order chi connectivity index (χ1) is 9.77. The first-order valence-corrected chi connectivity index (χ1v) is 7.81. The number of nitrogens with one attached hydrogen (secondary N) is 2. The molecular formula is C14H21N4O2P. The number of nitrogens with zero attached hydrogens (tertiary/aromatic N) is 2. The number of aromatic nitrogens is 3. The van der Waals surface area contributed by atoms with Gasteiger partial charge in [-0.2, -0.15) is 5.10 Å². The van der Waals surface area contributed by atoms with E-state index in [4.69, 9.17) is 0 Å². The van der Waals surface area contributed by atoms with Crippen molar-refractivity contribution in [3.05, 3.63) is 43.9 Å². The topological polar surface area (TPSA) is 81.8 Å². The van der Waals surface area contributed by atoms with Crippen LogP contribution in [-0.2, 0) is 0 Å². The van der Waals surface area contributed by atoms with Crippen molar-refractivity contribution >= 4 is 19.1 Å². The van der Waals surface area contributed by atoms with Crippen LogP contribution in [0.5, 0.6) is 0 Å². The third kappa shape index (κ3) is 4.26. The molecular weight excluding hydrogens is 287 g/mol. The number of hydrogen-bond donors (Lipinski definition) is 2. The molecule has 0 aromatic carbocycles. The monoisotopic (exact) mass is 308 g/mol. The summed E-state index contributed by atoms with van der Waals surface area (Å²) >= 11 is 0. The number of H-pyrrole nitrogens is 2. The lowest BCUT2D eigenvalue weighted by atomic mass is 10.1. The van der Waals surface area contributed by atoms with Crippen molar-refractivity contribution in [3.8, 4) is 0 Å². The van der Waals surface area contributed by atoms with Gasteiger partial charge in [0.2, 0.25) is 0 Å². The fourth-order valence-corrected chi connectivity index (χ4v) is 2.20. The third-order valence-electron chi connectivity index (χ3n) is 3.23. The van der Waals surface area contributed by atoms with Crippen LogP contribution in [0.25, 0.3) is 5.57 Å². The average Bonchev–Trinajstić information content (AvgIpc) is 2.42. The van der Waals surface area contributed by atoms with Crippen LogP contribution in [0.4, 0.5) is 0 Å². The predicted molar refractivity (Wildman–Crippen MR) is 89.0 cm³/mol. The minimum absolute atomic E-state index is 0.222. The Morgan fingerprint density at radius 3 is 2.33 bits per heavy atom. The van der Waals surface area contributed by atoms with E-state index in [9.17, 15) is 9.59 Å². The summed E-state index contributed by atoms with van der Waals surface area (Å²) in [6.07, 6.45) is 1.93. The Balaban J connectivity index is 3.45. The van der Waals surface area contributed by atoms with Gasteiger partial charge in [-0.15, -0.1) is 8.20 Å². The highest BCUT2D eigenvalue weighted by Crippen LogP contribution is 2.18. The zero-order valence-corrected chi connectivity index (χ0v) is 14.1. The highest BCUT2D eigenvalue weighted by Gasteiger charge is 2.09. The van der Waals surface area contributed by atoms with E-state index in [2.05, 4.69) is 28.8 Å². The molecule has 2 N–H and O–H groups in total. The second-order valence-electron chi connectivity index (χ2n) is 4.89. The van der Waals surface area contributed by atoms with Crippen molar-refractivity contribution in [1.29, 1.82) is 0 Å². The zero-order chi connectivity index (χ0) is 16.2. The van der Waals surface area contributed by atoms with Crippen LogP contribution >= 0.6 is 8.20 Å². The largest absolute Gasteiger partial charge is 0.381 e. The lowest BCUT2D eigenvalue weighted by molar-refractivity contribution is 0.511. The second kappa shape index (κ2) is 7.18. The Morgan fingerprint density at radius 2 is 1.86 bits per heavy atom. The van der Waals surface area contributed by atoms with E-state index in [1.54, 1.807) is 6.92 Å². The van der Waals surface area contributed by atoms with Crippen molar-refractivity contribution < 1.29 is 0 Å². The molecule has 0 aliphatic carbocycles. The molecule has 1 aromatic heterocycles. The molecule has 0 amide bonds. The first-order valence-electron chi connectivity index (χ1n) is 6.47. The maximum absolute atomic E-state index is 11.8. The van der Waals surface area contributed by atoms with Crippen LogP contribution in [0, 0.1) is 0 Å². The molecule has 0 bridgehead atoms. The molecule has 21 heavy (non-hydrogen) atoms. The standard InChI is InChI=1S/C14H21N4O2P/c1-8(12-13(19)15-14(20)17-16-12)7-11(10(3)21-6)9(2)18(4)5/h7H,1-6H3,(H2,15,17,19,20)/b8-7+,11-9+. The lowest BCUT2D eigenvalue weighted by Gasteiger charge is -2.18. The summed E-state index contributed by atoms with van der Waals surface area (Å²) in [5, 5.41) is 7.27. The molecule has 1 heterocycles. The van der Waals surface area contributed by atoms with Crippen LogP contribution in [0.15, 0.2) is 26.9 Å². The summed E-state index contributed by atoms with van der Waals surface area (Å²) in [6, 6.07) is 0. The van der Waals surface area contributed by atoms with Gasteiger partial charge in [-0.1, -0.05) is 0 Å². The Hall–Kier alpha value is -1.94. The van der Waals surface area contributed by atoms with Gasteiger partial charge in [0.1, 0.15) is 0 Å². The Morgan fingerprint density at radius 1 is 1.24 bits per heavy atom. The molecule has 0 saturated heterocycles. The average molecular weight is 308 g/mol. The highest BCUT2D eigenvalue weighted by molar-refractivity contribution is 7.40. The summed E-state index contributed by atoms with van der Waals surface area (Å²) in [5.74, 6) is 0. The fraction of sp³-hybridized carbons (Fsp3) is 0.429. The second-order valence-corrected chi connectivity index (χ2v) is 6.00. The third-order valence-corrected chi connectivity index (χ3v) is 4.14. The van der Waals surface area contributed by atoms with E-state index in [1.165, 1.54) is 5.29 Å². The van der Waals surface area contributed by atoms with Crippen molar-refractivity contribution in [2.75, 3.05) is 20.8 Å². The molecule has 0 fully saturated rings. The van der Waals surface area contributed by atoms with Crippen molar-refractivity contribution in [1.82, 2.24) is 20.1 Å². The van der Waals surface area contributed by atoms with Crippen LogP contribution in [0.3, 0.4) is 0 Å². The predicted octanol–water partition coefficient (Wildman–Crippen LogP) is 1.47. The van der Waals surface area contributed by atoms with Crippen LogP contribution in [0.2, 0.25) is 0 Å². The van der Waals surface area contributed by atoms with E-state index < -0.39 is 11.2 Å². The van der Waals surface area contributed by atoms with E-state index in [1.807, 2.05) is 32.0 Å².